The molecule has 2 heterocycles. The molecule has 0 aliphatic carbocycles. The van der Waals surface area contributed by atoms with Gasteiger partial charge in [0.2, 0.25) is 0 Å². The fourth-order valence-corrected chi connectivity index (χ4v) is 5.94. The number of hydrogen-bond donors (Lipinski definition) is 1. The number of hydrogen-bond acceptors (Lipinski definition) is 2. The summed E-state index contributed by atoms with van der Waals surface area (Å²) in [6, 6.07) is 38.5. The predicted octanol–water partition coefficient (Wildman–Crippen LogP) is 7.09. The molecule has 1 aliphatic rings. The third-order valence-electron chi connectivity index (χ3n) is 7.41. The van der Waals surface area contributed by atoms with Crippen molar-refractivity contribution in [1.29, 1.82) is 0 Å². The largest absolute Gasteiger partial charge is 0.455 e. The minimum Gasteiger partial charge on any atom is -0.455 e. The van der Waals surface area contributed by atoms with Gasteiger partial charge in [0.25, 0.3) is 0 Å². The van der Waals surface area contributed by atoms with Gasteiger partial charge in [-0.3, -0.25) is 0 Å². The minimum absolute atomic E-state index is 0.0201. The molecule has 1 aliphatic heterocycles. The summed E-state index contributed by atoms with van der Waals surface area (Å²) in [5.41, 5.74) is 7.50. The molecule has 8 rings (SSSR count). The van der Waals surface area contributed by atoms with Crippen molar-refractivity contribution in [2.75, 3.05) is 5.23 Å². The Morgan fingerprint density at radius 1 is 0.657 bits per heavy atom. The van der Waals surface area contributed by atoms with E-state index >= 15 is 0 Å². The van der Waals surface area contributed by atoms with E-state index < -0.39 is 0 Å². The van der Waals surface area contributed by atoms with Crippen LogP contribution in [0.25, 0.3) is 54.6 Å². The van der Waals surface area contributed by atoms with Gasteiger partial charge in [0.1, 0.15) is 11.2 Å². The number of anilines is 1. The Kier molecular flexibility index (Phi) is 3.58. The summed E-state index contributed by atoms with van der Waals surface area (Å²) >= 11 is 0. The van der Waals surface area contributed by atoms with Crippen molar-refractivity contribution in [2.24, 2.45) is 0 Å². The van der Waals surface area contributed by atoms with Crippen LogP contribution in [0.15, 0.2) is 120 Å². The van der Waals surface area contributed by atoms with Crippen LogP contribution in [0.3, 0.4) is 0 Å². The summed E-state index contributed by atoms with van der Waals surface area (Å²) in [5.74, 6) is 0. The molecule has 0 amide bonds. The molecule has 1 N–H and O–H groups in total. The van der Waals surface area contributed by atoms with Crippen LogP contribution in [0.5, 0.6) is 0 Å². The van der Waals surface area contributed by atoms with Gasteiger partial charge in [0.05, 0.1) is 6.76 Å². The number of rotatable bonds is 1. The maximum absolute atomic E-state index is 8.51. The van der Waals surface area contributed by atoms with Gasteiger partial charge in [-0.25, -0.2) is 0 Å². The molecule has 7 aromatic rings. The fourth-order valence-electron chi connectivity index (χ4n) is 5.94. The number of fused-ring (bicyclic) bond motifs is 12. The molecule has 6 aromatic carbocycles. The first-order chi connectivity index (χ1) is 17.8. The zero-order valence-electron chi connectivity index (χ0n) is 19.9. The maximum atomic E-state index is 8.51. The molecule has 3 heteroatoms. The molecule has 0 saturated carbocycles. The fraction of sp³-hybridized carbons (Fsp3) is 0. The molecule has 0 spiro atoms. The average molecular weight is 446 g/mol. The van der Waals surface area contributed by atoms with E-state index in [0.29, 0.717) is 11.6 Å². The number of nitrogens with one attached hydrogen (secondary N) is 1. The lowest BCUT2D eigenvalue weighted by molar-refractivity contribution is 0.673. The van der Waals surface area contributed by atoms with Gasteiger partial charge in [-0.1, -0.05) is 115 Å². The van der Waals surface area contributed by atoms with Gasteiger partial charge in [0, 0.05) is 22.0 Å². The van der Waals surface area contributed by atoms with Crippen molar-refractivity contribution in [3.8, 4) is 11.1 Å². The highest BCUT2D eigenvalue weighted by Crippen LogP contribution is 2.48. The zero-order chi connectivity index (χ0) is 23.8. The topological polar surface area (TPSA) is 25.2 Å². The van der Waals surface area contributed by atoms with Gasteiger partial charge in [-0.15, -0.1) is 0 Å². The van der Waals surface area contributed by atoms with Crippen LogP contribution in [0.2, 0.25) is 0 Å². The molecule has 0 bridgehead atoms. The summed E-state index contributed by atoms with van der Waals surface area (Å²) in [7, 11) is 0. The van der Waals surface area contributed by atoms with E-state index in [9.17, 15) is 0 Å². The smallest absolute Gasteiger partial charge is 0.322 e. The first-order valence-electron chi connectivity index (χ1n) is 12.5. The van der Waals surface area contributed by atoms with Crippen LogP contribution in [0.4, 0.5) is 5.69 Å². The Balaban J connectivity index is 1.61. The molecule has 0 fully saturated rings. The highest BCUT2D eigenvalue weighted by molar-refractivity contribution is 6.91. The van der Waals surface area contributed by atoms with Crippen molar-refractivity contribution in [2.45, 2.75) is 0 Å². The van der Waals surface area contributed by atoms with Crippen LogP contribution in [-0.4, -0.2) is 6.85 Å². The molecule has 2 nitrogen and oxygen atoms in total. The van der Waals surface area contributed by atoms with Crippen molar-refractivity contribution >= 4 is 66.9 Å². The predicted molar refractivity (Wildman–Crippen MR) is 149 cm³/mol. The molecule has 0 unspecified atom stereocenters. The molecule has 0 saturated heterocycles. The normalized spacial score (nSPS) is 13.1. The first-order valence-corrected chi connectivity index (χ1v) is 12.0. The zero-order valence-corrected chi connectivity index (χ0v) is 18.9. The van der Waals surface area contributed by atoms with Crippen LogP contribution in [0.1, 0.15) is 1.37 Å². The summed E-state index contributed by atoms with van der Waals surface area (Å²) in [4.78, 5) is 0. The lowest BCUT2D eigenvalue weighted by atomic mass is 9.46. The van der Waals surface area contributed by atoms with Gasteiger partial charge in [0.15, 0.2) is 0 Å². The quantitative estimate of drug-likeness (QED) is 0.273. The summed E-state index contributed by atoms with van der Waals surface area (Å²) in [6.45, 7) is -0.0201. The van der Waals surface area contributed by atoms with E-state index in [1.165, 1.54) is 32.8 Å². The lowest BCUT2D eigenvalue weighted by Gasteiger charge is -2.31. The highest BCUT2D eigenvalue weighted by atomic mass is 16.3. The van der Waals surface area contributed by atoms with E-state index in [-0.39, 0.29) is 6.85 Å². The number of para-hydroxylation sites is 1. The lowest BCUT2D eigenvalue weighted by Crippen LogP contribution is -2.52. The third kappa shape index (κ3) is 2.55. The van der Waals surface area contributed by atoms with Crippen molar-refractivity contribution in [1.82, 2.24) is 0 Å². The van der Waals surface area contributed by atoms with Crippen LogP contribution in [0, 0.1) is 0 Å². The third-order valence-corrected chi connectivity index (χ3v) is 7.41. The van der Waals surface area contributed by atoms with Crippen LogP contribution >= 0.6 is 0 Å². The van der Waals surface area contributed by atoms with E-state index in [2.05, 4.69) is 102 Å². The summed E-state index contributed by atoms with van der Waals surface area (Å²) < 4.78 is 14.9. The Hall–Kier alpha value is -4.50. The second-order valence-corrected chi connectivity index (χ2v) is 9.25. The Bertz CT molecular complexity index is 1990. The van der Waals surface area contributed by atoms with Gasteiger partial charge < -0.3 is 9.64 Å². The van der Waals surface area contributed by atoms with E-state index in [4.69, 9.17) is 5.79 Å². The Labute approximate surface area is 204 Å². The average Bonchev–Trinajstić information content (AvgIpc) is 3.34. The SMILES string of the molecule is [2H]c1cccc2c1oc1c3ccccc3c3c(c21)NB(c1ccccc1)c1c-3ccc2ccccc12. The molecule has 0 atom stereocenters. The standard InChI is InChI=1S/C32H20BNO/c1-2-11-21(12-3-1)33-30-22-13-5-4-10-20(22)18-19-26(30)28-23-14-6-7-15-24(23)32-29(31(28)34-33)25-16-8-9-17-27(25)35-32/h1-19,34H/i17D. The molecule has 162 valence electrons. The molecule has 1 aromatic heterocycles. The summed E-state index contributed by atoms with van der Waals surface area (Å²) in [5, 5.41) is 10.7. The maximum Gasteiger partial charge on any atom is 0.322 e. The molecular formula is C32H20BNO. The van der Waals surface area contributed by atoms with Gasteiger partial charge in [-0.2, -0.15) is 0 Å². The summed E-state index contributed by atoms with van der Waals surface area (Å²) in [6.07, 6.45) is 0. The molecular weight excluding hydrogens is 425 g/mol. The molecule has 0 radical (unpaired) electrons. The van der Waals surface area contributed by atoms with Gasteiger partial charge in [-0.05, 0) is 33.2 Å². The number of benzene rings is 6. The Morgan fingerprint density at radius 2 is 1.37 bits per heavy atom. The Morgan fingerprint density at radius 3 is 2.26 bits per heavy atom. The molecule has 35 heavy (non-hydrogen) atoms. The second-order valence-electron chi connectivity index (χ2n) is 9.25. The van der Waals surface area contributed by atoms with E-state index in [1.807, 2.05) is 6.07 Å². The van der Waals surface area contributed by atoms with E-state index in [1.54, 1.807) is 6.07 Å². The first kappa shape index (κ1) is 17.9. The minimum atomic E-state index is -0.0201. The highest BCUT2D eigenvalue weighted by Gasteiger charge is 2.34. The van der Waals surface area contributed by atoms with E-state index in [0.717, 1.165) is 32.8 Å². The van der Waals surface area contributed by atoms with Crippen LogP contribution < -0.4 is 16.2 Å². The van der Waals surface area contributed by atoms with Crippen molar-refractivity contribution in [3.05, 3.63) is 115 Å². The van der Waals surface area contributed by atoms with Crippen molar-refractivity contribution in [3.63, 3.8) is 0 Å². The van der Waals surface area contributed by atoms with Crippen molar-refractivity contribution < 1.29 is 5.79 Å². The second kappa shape index (κ2) is 7.00. The van der Waals surface area contributed by atoms with Gasteiger partial charge >= 0.3 is 6.85 Å². The monoisotopic (exact) mass is 446 g/mol. The number of furan rings is 1. The van der Waals surface area contributed by atoms with Crippen LogP contribution in [-0.2, 0) is 0 Å².